The van der Waals surface area contributed by atoms with Crippen molar-refractivity contribution in [1.29, 1.82) is 0 Å². The van der Waals surface area contributed by atoms with Gasteiger partial charge in [0.05, 0.1) is 18.2 Å². The fourth-order valence-corrected chi connectivity index (χ4v) is 2.40. The van der Waals surface area contributed by atoms with Gasteiger partial charge in [-0.1, -0.05) is 6.07 Å². The van der Waals surface area contributed by atoms with Gasteiger partial charge < -0.3 is 15.4 Å². The SMILES string of the molecule is C[C@H](NC(=O)N[C@@H](C)[C@H]1CCCO1)c1ccc(F)c(F)c1. The molecule has 1 aromatic carbocycles. The maximum Gasteiger partial charge on any atom is 0.315 e. The number of carbonyl (C=O) groups is 1. The van der Waals surface area contributed by atoms with Gasteiger partial charge in [0.2, 0.25) is 0 Å². The van der Waals surface area contributed by atoms with Gasteiger partial charge in [-0.15, -0.1) is 0 Å². The number of rotatable bonds is 4. The predicted octanol–water partition coefficient (Wildman–Crippen LogP) is 2.89. The van der Waals surface area contributed by atoms with Gasteiger partial charge >= 0.3 is 6.03 Å². The molecule has 1 fully saturated rings. The summed E-state index contributed by atoms with van der Waals surface area (Å²) in [6, 6.07) is 2.73. The summed E-state index contributed by atoms with van der Waals surface area (Å²) in [6.07, 6.45) is 1.97. The van der Waals surface area contributed by atoms with Crippen molar-refractivity contribution in [2.75, 3.05) is 6.61 Å². The van der Waals surface area contributed by atoms with Crippen LogP contribution in [0.1, 0.15) is 38.3 Å². The van der Waals surface area contributed by atoms with Crippen LogP contribution in [0.4, 0.5) is 13.6 Å². The number of amides is 2. The van der Waals surface area contributed by atoms with Crippen molar-refractivity contribution < 1.29 is 18.3 Å². The molecule has 0 spiro atoms. The van der Waals surface area contributed by atoms with E-state index < -0.39 is 17.7 Å². The van der Waals surface area contributed by atoms with Crippen LogP contribution in [0.15, 0.2) is 18.2 Å². The maximum atomic E-state index is 13.2. The van der Waals surface area contributed by atoms with Crippen molar-refractivity contribution in [2.24, 2.45) is 0 Å². The smallest absolute Gasteiger partial charge is 0.315 e. The molecule has 0 unspecified atom stereocenters. The fourth-order valence-electron chi connectivity index (χ4n) is 2.40. The van der Waals surface area contributed by atoms with Crippen molar-refractivity contribution in [3.8, 4) is 0 Å². The zero-order valence-corrected chi connectivity index (χ0v) is 12.2. The van der Waals surface area contributed by atoms with Crippen molar-refractivity contribution in [3.63, 3.8) is 0 Å². The van der Waals surface area contributed by atoms with Gasteiger partial charge in [-0.3, -0.25) is 0 Å². The summed E-state index contributed by atoms with van der Waals surface area (Å²) in [7, 11) is 0. The number of hydrogen-bond donors (Lipinski definition) is 2. The Kier molecular flexibility index (Phi) is 5.12. The highest BCUT2D eigenvalue weighted by molar-refractivity contribution is 5.74. The van der Waals surface area contributed by atoms with Gasteiger partial charge in [0, 0.05) is 6.61 Å². The second-order valence-electron chi connectivity index (χ2n) is 5.35. The lowest BCUT2D eigenvalue weighted by Gasteiger charge is -2.22. The molecule has 21 heavy (non-hydrogen) atoms. The third-order valence-corrected chi connectivity index (χ3v) is 3.67. The Balaban J connectivity index is 1.87. The average molecular weight is 298 g/mol. The van der Waals surface area contributed by atoms with E-state index in [1.165, 1.54) is 6.07 Å². The quantitative estimate of drug-likeness (QED) is 0.898. The summed E-state index contributed by atoms with van der Waals surface area (Å²) in [6.45, 7) is 4.32. The van der Waals surface area contributed by atoms with Crippen LogP contribution in [0.3, 0.4) is 0 Å². The molecular formula is C15H20F2N2O2. The van der Waals surface area contributed by atoms with Gasteiger partial charge in [0.15, 0.2) is 11.6 Å². The molecule has 1 aliphatic rings. The molecule has 6 heteroatoms. The van der Waals surface area contributed by atoms with Crippen molar-refractivity contribution >= 4 is 6.03 Å². The summed E-state index contributed by atoms with van der Waals surface area (Å²) >= 11 is 0. The zero-order chi connectivity index (χ0) is 15.4. The van der Waals surface area contributed by atoms with Crippen LogP contribution < -0.4 is 10.6 Å². The van der Waals surface area contributed by atoms with Gasteiger partial charge in [-0.2, -0.15) is 0 Å². The van der Waals surface area contributed by atoms with Gasteiger partial charge in [0.1, 0.15) is 0 Å². The summed E-state index contributed by atoms with van der Waals surface area (Å²) < 4.78 is 31.6. The van der Waals surface area contributed by atoms with Crippen LogP contribution in [0.25, 0.3) is 0 Å². The lowest BCUT2D eigenvalue weighted by molar-refractivity contribution is 0.0859. The fraction of sp³-hybridized carbons (Fsp3) is 0.533. The monoisotopic (exact) mass is 298 g/mol. The molecule has 1 saturated heterocycles. The Morgan fingerprint density at radius 1 is 1.29 bits per heavy atom. The number of benzene rings is 1. The minimum absolute atomic E-state index is 0.0364. The van der Waals surface area contributed by atoms with Crippen LogP contribution >= 0.6 is 0 Å². The van der Waals surface area contributed by atoms with Crippen LogP contribution in [-0.4, -0.2) is 24.8 Å². The number of nitrogens with one attached hydrogen (secondary N) is 2. The third-order valence-electron chi connectivity index (χ3n) is 3.67. The third kappa shape index (κ3) is 4.14. The Labute approximate surface area is 122 Å². The minimum atomic E-state index is -0.922. The van der Waals surface area contributed by atoms with E-state index in [-0.39, 0.29) is 18.2 Å². The van der Waals surface area contributed by atoms with Crippen LogP contribution in [0.2, 0.25) is 0 Å². The summed E-state index contributed by atoms with van der Waals surface area (Å²) in [4.78, 5) is 11.9. The van der Waals surface area contributed by atoms with E-state index in [0.29, 0.717) is 5.56 Å². The van der Waals surface area contributed by atoms with Gasteiger partial charge in [-0.05, 0) is 44.4 Å². The van der Waals surface area contributed by atoms with Crippen molar-refractivity contribution in [1.82, 2.24) is 10.6 Å². The minimum Gasteiger partial charge on any atom is -0.376 e. The first kappa shape index (κ1) is 15.7. The lowest BCUT2D eigenvalue weighted by Crippen LogP contribution is -2.46. The molecular weight excluding hydrogens is 278 g/mol. The zero-order valence-electron chi connectivity index (χ0n) is 12.2. The summed E-state index contributed by atoms with van der Waals surface area (Å²) in [5, 5.41) is 5.51. The van der Waals surface area contributed by atoms with E-state index in [2.05, 4.69) is 10.6 Å². The molecule has 0 saturated carbocycles. The van der Waals surface area contributed by atoms with E-state index in [9.17, 15) is 13.6 Å². The largest absolute Gasteiger partial charge is 0.376 e. The summed E-state index contributed by atoms with van der Waals surface area (Å²) in [5.41, 5.74) is 0.508. The number of carbonyl (C=O) groups excluding carboxylic acids is 1. The number of halogens is 2. The molecule has 1 aliphatic heterocycles. The second kappa shape index (κ2) is 6.85. The van der Waals surface area contributed by atoms with Crippen LogP contribution in [0, 0.1) is 11.6 Å². The molecule has 2 N–H and O–H groups in total. The maximum absolute atomic E-state index is 13.2. The first-order valence-electron chi connectivity index (χ1n) is 7.11. The molecule has 2 amide bonds. The van der Waals surface area contributed by atoms with Crippen LogP contribution in [-0.2, 0) is 4.74 Å². The van der Waals surface area contributed by atoms with E-state index in [1.807, 2.05) is 6.92 Å². The molecule has 1 aromatic rings. The highest BCUT2D eigenvalue weighted by Crippen LogP contribution is 2.17. The molecule has 1 heterocycles. The van der Waals surface area contributed by atoms with E-state index in [1.54, 1.807) is 6.92 Å². The molecule has 116 valence electrons. The highest BCUT2D eigenvalue weighted by Gasteiger charge is 2.24. The molecule has 0 aromatic heterocycles. The number of hydrogen-bond acceptors (Lipinski definition) is 2. The first-order chi connectivity index (χ1) is 9.97. The molecule has 0 bridgehead atoms. The van der Waals surface area contributed by atoms with E-state index >= 15 is 0 Å². The normalized spacial score (nSPS) is 20.9. The topological polar surface area (TPSA) is 50.4 Å². The van der Waals surface area contributed by atoms with Gasteiger partial charge in [-0.25, -0.2) is 13.6 Å². The van der Waals surface area contributed by atoms with Crippen LogP contribution in [0.5, 0.6) is 0 Å². The lowest BCUT2D eigenvalue weighted by atomic mass is 10.1. The molecule has 0 radical (unpaired) electrons. The number of urea groups is 1. The second-order valence-corrected chi connectivity index (χ2v) is 5.35. The van der Waals surface area contributed by atoms with Gasteiger partial charge in [0.25, 0.3) is 0 Å². The first-order valence-corrected chi connectivity index (χ1v) is 7.11. The summed E-state index contributed by atoms with van der Waals surface area (Å²) in [5.74, 6) is -1.82. The Hall–Kier alpha value is -1.69. The van der Waals surface area contributed by atoms with Crippen molar-refractivity contribution in [3.05, 3.63) is 35.4 Å². The highest BCUT2D eigenvalue weighted by atomic mass is 19.2. The number of ether oxygens (including phenoxy) is 1. The molecule has 0 aliphatic carbocycles. The standard InChI is InChI=1S/C15H20F2N2O2/c1-9(11-5-6-12(16)13(17)8-11)18-15(20)19-10(2)14-4-3-7-21-14/h5-6,8-10,14H,3-4,7H2,1-2H3,(H2,18,19,20)/t9-,10-,14+/m0/s1. The Morgan fingerprint density at radius 2 is 2.05 bits per heavy atom. The van der Waals surface area contributed by atoms with E-state index in [4.69, 9.17) is 4.74 Å². The molecule has 3 atom stereocenters. The molecule has 4 nitrogen and oxygen atoms in total. The predicted molar refractivity (Wildman–Crippen MR) is 74.9 cm³/mol. The Bertz CT molecular complexity index is 504. The average Bonchev–Trinajstić information content (AvgIpc) is 2.95. The van der Waals surface area contributed by atoms with E-state index in [0.717, 1.165) is 31.6 Å². The Morgan fingerprint density at radius 3 is 2.67 bits per heavy atom. The molecule has 2 rings (SSSR count). The van der Waals surface area contributed by atoms with Crippen molar-refractivity contribution in [2.45, 2.75) is 44.9 Å².